The summed E-state index contributed by atoms with van der Waals surface area (Å²) < 4.78 is 0. The minimum absolute atomic E-state index is 0.00440. The van der Waals surface area contributed by atoms with E-state index in [1.165, 1.54) is 36.7 Å². The van der Waals surface area contributed by atoms with Crippen molar-refractivity contribution in [2.24, 2.45) is 0 Å². The van der Waals surface area contributed by atoms with Crippen molar-refractivity contribution in [3.63, 3.8) is 0 Å². The molecule has 0 spiro atoms. The number of aromatic hydroxyl groups is 2. The Morgan fingerprint density at radius 1 is 1.28 bits per heavy atom. The average molecular weight is 265 g/mol. The number of benzene rings is 1. The van der Waals surface area contributed by atoms with Gasteiger partial charge < -0.3 is 15.5 Å². The van der Waals surface area contributed by atoms with Gasteiger partial charge in [0.05, 0.1) is 22.5 Å². The van der Waals surface area contributed by atoms with Gasteiger partial charge >= 0.3 is 0 Å². The molecule has 0 atom stereocenters. The van der Waals surface area contributed by atoms with Gasteiger partial charge in [0.2, 0.25) is 0 Å². The summed E-state index contributed by atoms with van der Waals surface area (Å²) in [7, 11) is 0. The molecule has 5 nitrogen and oxygen atoms in total. The predicted molar refractivity (Wildman–Crippen MR) is 67.0 cm³/mol. The summed E-state index contributed by atoms with van der Waals surface area (Å²) in [5.41, 5.74) is 0.435. The zero-order chi connectivity index (χ0) is 13.1. The van der Waals surface area contributed by atoms with Crippen LogP contribution in [0.3, 0.4) is 0 Å². The Labute approximate surface area is 108 Å². The summed E-state index contributed by atoms with van der Waals surface area (Å²) >= 11 is 5.85. The SMILES string of the molecule is O=C(Nc1ccc(O)cc1Cl)c1ccncc1O. The lowest BCUT2D eigenvalue weighted by atomic mass is 10.2. The number of anilines is 1. The number of hydrogen-bond acceptors (Lipinski definition) is 4. The molecule has 1 heterocycles. The maximum Gasteiger partial charge on any atom is 0.259 e. The molecule has 0 aliphatic carbocycles. The number of rotatable bonds is 2. The number of aromatic nitrogens is 1. The number of halogens is 1. The molecule has 3 N–H and O–H groups in total. The van der Waals surface area contributed by atoms with Crippen LogP contribution in [0.1, 0.15) is 10.4 Å². The Morgan fingerprint density at radius 3 is 2.72 bits per heavy atom. The fourth-order valence-corrected chi connectivity index (χ4v) is 1.60. The molecule has 18 heavy (non-hydrogen) atoms. The number of pyridine rings is 1. The van der Waals surface area contributed by atoms with Gasteiger partial charge in [0.15, 0.2) is 0 Å². The van der Waals surface area contributed by atoms with E-state index in [1.807, 2.05) is 0 Å². The Balaban J connectivity index is 2.24. The normalized spacial score (nSPS) is 10.1. The lowest BCUT2D eigenvalue weighted by molar-refractivity contribution is 0.102. The number of phenolic OH excluding ortho intramolecular Hbond substituents is 1. The molecule has 0 saturated heterocycles. The average Bonchev–Trinajstić information content (AvgIpc) is 2.33. The summed E-state index contributed by atoms with van der Waals surface area (Å²) in [5.74, 6) is -0.725. The van der Waals surface area contributed by atoms with Gasteiger partial charge in [-0.05, 0) is 18.2 Å². The number of nitrogens with zero attached hydrogens (tertiary/aromatic N) is 1. The third kappa shape index (κ3) is 2.52. The van der Waals surface area contributed by atoms with Crippen molar-refractivity contribution in [3.05, 3.63) is 47.2 Å². The standard InChI is InChI=1S/C12H9ClN2O3/c13-9-5-7(16)1-2-10(9)15-12(18)8-3-4-14-6-11(8)17/h1-6,16-17H,(H,15,18). The van der Waals surface area contributed by atoms with Crippen LogP contribution in [0.5, 0.6) is 11.5 Å². The Morgan fingerprint density at radius 2 is 2.06 bits per heavy atom. The van der Waals surface area contributed by atoms with Gasteiger partial charge in [0, 0.05) is 12.3 Å². The highest BCUT2D eigenvalue weighted by atomic mass is 35.5. The summed E-state index contributed by atoms with van der Waals surface area (Å²) in [5, 5.41) is 21.4. The number of amides is 1. The van der Waals surface area contributed by atoms with Crippen LogP contribution in [0.15, 0.2) is 36.7 Å². The first kappa shape index (κ1) is 12.2. The first-order valence-electron chi connectivity index (χ1n) is 5.01. The van der Waals surface area contributed by atoms with Crippen LogP contribution >= 0.6 is 11.6 Å². The van der Waals surface area contributed by atoms with Crippen LogP contribution in [0.2, 0.25) is 5.02 Å². The molecule has 92 valence electrons. The predicted octanol–water partition coefficient (Wildman–Crippen LogP) is 2.40. The van der Waals surface area contributed by atoms with Crippen molar-refractivity contribution in [2.45, 2.75) is 0 Å². The molecule has 1 amide bonds. The molecule has 1 aromatic heterocycles. The van der Waals surface area contributed by atoms with E-state index in [-0.39, 0.29) is 22.1 Å². The van der Waals surface area contributed by atoms with Crippen LogP contribution in [-0.2, 0) is 0 Å². The van der Waals surface area contributed by atoms with Gasteiger partial charge in [0.25, 0.3) is 5.91 Å². The van der Waals surface area contributed by atoms with E-state index in [4.69, 9.17) is 11.6 Å². The molecule has 0 saturated carbocycles. The lowest BCUT2D eigenvalue weighted by Gasteiger charge is -2.08. The van der Waals surface area contributed by atoms with Gasteiger partial charge in [-0.2, -0.15) is 0 Å². The Kier molecular flexibility index (Phi) is 3.34. The van der Waals surface area contributed by atoms with Crippen LogP contribution in [0, 0.1) is 0 Å². The van der Waals surface area contributed by atoms with Crippen LogP contribution in [-0.4, -0.2) is 21.1 Å². The quantitative estimate of drug-likeness (QED) is 0.728. The van der Waals surface area contributed by atoms with Gasteiger partial charge in [-0.1, -0.05) is 11.6 Å². The van der Waals surface area contributed by atoms with Gasteiger partial charge in [-0.15, -0.1) is 0 Å². The number of carbonyl (C=O) groups is 1. The zero-order valence-electron chi connectivity index (χ0n) is 9.09. The fraction of sp³-hybridized carbons (Fsp3) is 0. The highest BCUT2D eigenvalue weighted by molar-refractivity contribution is 6.34. The third-order valence-electron chi connectivity index (χ3n) is 2.25. The second kappa shape index (κ2) is 4.93. The molecule has 2 aromatic rings. The molecule has 0 radical (unpaired) electrons. The van der Waals surface area contributed by atoms with E-state index < -0.39 is 5.91 Å². The van der Waals surface area contributed by atoms with Crippen LogP contribution < -0.4 is 5.32 Å². The number of hydrogen-bond donors (Lipinski definition) is 3. The summed E-state index contributed by atoms with van der Waals surface area (Å²) in [6.07, 6.45) is 2.57. The molecule has 0 fully saturated rings. The van der Waals surface area contributed by atoms with Gasteiger partial charge in [-0.3, -0.25) is 9.78 Å². The topological polar surface area (TPSA) is 82.5 Å². The van der Waals surface area contributed by atoms with E-state index >= 15 is 0 Å². The van der Waals surface area contributed by atoms with E-state index in [2.05, 4.69) is 10.3 Å². The first-order valence-corrected chi connectivity index (χ1v) is 5.38. The minimum atomic E-state index is -0.512. The largest absolute Gasteiger partial charge is 0.508 e. The van der Waals surface area contributed by atoms with Crippen LogP contribution in [0.25, 0.3) is 0 Å². The molecule has 0 aliphatic rings. The molecular formula is C12H9ClN2O3. The zero-order valence-corrected chi connectivity index (χ0v) is 9.85. The van der Waals surface area contributed by atoms with Gasteiger partial charge in [0.1, 0.15) is 11.5 Å². The van der Waals surface area contributed by atoms with Crippen molar-refractivity contribution in [1.29, 1.82) is 0 Å². The van der Waals surface area contributed by atoms with E-state index in [1.54, 1.807) is 0 Å². The molecular weight excluding hydrogens is 256 g/mol. The van der Waals surface area contributed by atoms with Crippen molar-refractivity contribution in [2.75, 3.05) is 5.32 Å². The number of nitrogens with one attached hydrogen (secondary N) is 1. The molecule has 2 rings (SSSR count). The third-order valence-corrected chi connectivity index (χ3v) is 2.56. The number of phenols is 1. The second-order valence-electron chi connectivity index (χ2n) is 3.51. The highest BCUT2D eigenvalue weighted by Gasteiger charge is 2.12. The maximum atomic E-state index is 11.9. The molecule has 0 bridgehead atoms. The molecule has 0 aliphatic heterocycles. The summed E-state index contributed by atoms with van der Waals surface area (Å²) in [6, 6.07) is 5.56. The van der Waals surface area contributed by atoms with Crippen molar-refractivity contribution < 1.29 is 15.0 Å². The summed E-state index contributed by atoms with van der Waals surface area (Å²) in [4.78, 5) is 15.5. The second-order valence-corrected chi connectivity index (χ2v) is 3.92. The maximum absolute atomic E-state index is 11.9. The Hall–Kier alpha value is -2.27. The van der Waals surface area contributed by atoms with Crippen molar-refractivity contribution in [1.82, 2.24) is 4.98 Å². The monoisotopic (exact) mass is 264 g/mol. The fourth-order valence-electron chi connectivity index (χ4n) is 1.37. The van der Waals surface area contributed by atoms with E-state index in [0.717, 1.165) is 0 Å². The lowest BCUT2D eigenvalue weighted by Crippen LogP contribution is -2.12. The molecule has 6 heteroatoms. The first-order chi connectivity index (χ1) is 8.58. The summed E-state index contributed by atoms with van der Waals surface area (Å²) in [6.45, 7) is 0. The van der Waals surface area contributed by atoms with E-state index in [9.17, 15) is 15.0 Å². The molecule has 1 aromatic carbocycles. The smallest absolute Gasteiger partial charge is 0.259 e. The highest BCUT2D eigenvalue weighted by Crippen LogP contribution is 2.27. The van der Waals surface area contributed by atoms with Crippen molar-refractivity contribution >= 4 is 23.2 Å². The minimum Gasteiger partial charge on any atom is -0.508 e. The Bertz CT molecular complexity index is 602. The van der Waals surface area contributed by atoms with Crippen molar-refractivity contribution in [3.8, 4) is 11.5 Å². The van der Waals surface area contributed by atoms with Crippen LogP contribution in [0.4, 0.5) is 5.69 Å². The van der Waals surface area contributed by atoms with E-state index in [0.29, 0.717) is 5.69 Å². The van der Waals surface area contributed by atoms with Gasteiger partial charge in [-0.25, -0.2) is 0 Å². The molecule has 0 unspecified atom stereocenters. The number of carbonyl (C=O) groups excluding carboxylic acids is 1.